The topological polar surface area (TPSA) is 46.5 Å². The zero-order valence-corrected chi connectivity index (χ0v) is 13.9. The SMILES string of the molecule is O=C(O)CCCC12CCC(OCc3cccc(Cl)c3F)(CC1)C2. The van der Waals surface area contributed by atoms with E-state index in [0.29, 0.717) is 5.56 Å². The zero-order valence-electron chi connectivity index (χ0n) is 13.1. The van der Waals surface area contributed by atoms with Gasteiger partial charge in [0.25, 0.3) is 0 Å². The van der Waals surface area contributed by atoms with Crippen LogP contribution in [-0.4, -0.2) is 16.7 Å². The van der Waals surface area contributed by atoms with Gasteiger partial charge >= 0.3 is 5.97 Å². The molecule has 1 aromatic carbocycles. The molecule has 5 heteroatoms. The molecule has 126 valence electrons. The van der Waals surface area contributed by atoms with Crippen LogP contribution in [0.25, 0.3) is 0 Å². The maximum Gasteiger partial charge on any atom is 0.303 e. The van der Waals surface area contributed by atoms with Gasteiger partial charge in [0.2, 0.25) is 0 Å². The van der Waals surface area contributed by atoms with Gasteiger partial charge in [-0.1, -0.05) is 23.7 Å². The second kappa shape index (κ2) is 6.40. The molecule has 3 rings (SSSR count). The summed E-state index contributed by atoms with van der Waals surface area (Å²) in [5.74, 6) is -1.12. The highest BCUT2D eigenvalue weighted by Crippen LogP contribution is 2.60. The maximum atomic E-state index is 14.0. The van der Waals surface area contributed by atoms with E-state index in [1.807, 2.05) is 0 Å². The van der Waals surface area contributed by atoms with Gasteiger partial charge in [-0.05, 0) is 56.4 Å². The number of carboxylic acid groups (broad SMARTS) is 1. The molecule has 1 aromatic rings. The summed E-state index contributed by atoms with van der Waals surface area (Å²) in [7, 11) is 0. The lowest BCUT2D eigenvalue weighted by molar-refractivity contribution is -0.137. The smallest absolute Gasteiger partial charge is 0.303 e. The van der Waals surface area contributed by atoms with Crippen molar-refractivity contribution < 1.29 is 19.0 Å². The first-order valence-corrected chi connectivity index (χ1v) is 8.60. The number of rotatable bonds is 7. The number of ether oxygens (including phenoxy) is 1. The largest absolute Gasteiger partial charge is 0.481 e. The lowest BCUT2D eigenvalue weighted by Gasteiger charge is -2.28. The van der Waals surface area contributed by atoms with Crippen LogP contribution in [0.3, 0.4) is 0 Å². The fourth-order valence-electron chi connectivity index (χ4n) is 4.31. The van der Waals surface area contributed by atoms with Crippen LogP contribution in [-0.2, 0) is 16.1 Å². The summed E-state index contributed by atoms with van der Waals surface area (Å²) in [6, 6.07) is 4.99. The fourth-order valence-corrected chi connectivity index (χ4v) is 4.51. The average molecular weight is 341 g/mol. The van der Waals surface area contributed by atoms with Crippen LogP contribution in [0.15, 0.2) is 18.2 Å². The van der Waals surface area contributed by atoms with Crippen LogP contribution in [0.4, 0.5) is 4.39 Å². The lowest BCUT2D eigenvalue weighted by atomic mass is 9.80. The Morgan fingerprint density at radius 1 is 1.30 bits per heavy atom. The molecule has 2 saturated carbocycles. The van der Waals surface area contributed by atoms with Crippen molar-refractivity contribution in [2.45, 2.75) is 63.6 Å². The van der Waals surface area contributed by atoms with Gasteiger partial charge in [-0.2, -0.15) is 0 Å². The number of hydrogen-bond donors (Lipinski definition) is 1. The highest BCUT2D eigenvalue weighted by molar-refractivity contribution is 6.30. The lowest BCUT2D eigenvalue weighted by Crippen LogP contribution is -2.26. The van der Waals surface area contributed by atoms with Gasteiger partial charge in [0, 0.05) is 12.0 Å². The zero-order chi connectivity index (χ0) is 16.5. The van der Waals surface area contributed by atoms with E-state index in [4.69, 9.17) is 21.4 Å². The molecule has 0 aromatic heterocycles. The molecule has 0 spiro atoms. The summed E-state index contributed by atoms with van der Waals surface area (Å²) >= 11 is 5.81. The minimum atomic E-state index is -0.726. The fraction of sp³-hybridized carbons (Fsp3) is 0.611. The predicted octanol–water partition coefficient (Wildman–Crippen LogP) is 4.95. The Labute approximate surface area is 140 Å². The van der Waals surface area contributed by atoms with Gasteiger partial charge < -0.3 is 9.84 Å². The van der Waals surface area contributed by atoms with Crippen LogP contribution in [0.1, 0.15) is 56.9 Å². The molecule has 2 bridgehead atoms. The molecule has 0 atom stereocenters. The molecule has 2 fully saturated rings. The van der Waals surface area contributed by atoms with Crippen LogP contribution in [0.2, 0.25) is 5.02 Å². The monoisotopic (exact) mass is 340 g/mol. The number of aliphatic carboxylic acids is 1. The van der Waals surface area contributed by atoms with Crippen LogP contribution < -0.4 is 0 Å². The van der Waals surface area contributed by atoms with Crippen LogP contribution in [0, 0.1) is 11.2 Å². The van der Waals surface area contributed by atoms with E-state index in [1.54, 1.807) is 12.1 Å². The first-order chi connectivity index (χ1) is 10.9. The number of carboxylic acids is 1. The molecule has 0 saturated heterocycles. The van der Waals surface area contributed by atoms with Crippen molar-refractivity contribution in [3.05, 3.63) is 34.6 Å². The quantitative estimate of drug-likeness (QED) is 0.763. The number of fused-ring (bicyclic) bond motifs is 2. The normalized spacial score (nSPS) is 29.1. The third-order valence-electron chi connectivity index (χ3n) is 5.58. The first-order valence-electron chi connectivity index (χ1n) is 8.22. The van der Waals surface area contributed by atoms with E-state index < -0.39 is 11.8 Å². The summed E-state index contributed by atoms with van der Waals surface area (Å²) in [5.41, 5.74) is 0.586. The van der Waals surface area contributed by atoms with Crippen molar-refractivity contribution in [3.8, 4) is 0 Å². The highest BCUT2D eigenvalue weighted by atomic mass is 35.5. The van der Waals surface area contributed by atoms with E-state index in [0.717, 1.165) is 44.9 Å². The van der Waals surface area contributed by atoms with E-state index in [-0.39, 0.29) is 29.1 Å². The minimum absolute atomic E-state index is 0.129. The molecule has 0 radical (unpaired) electrons. The summed E-state index contributed by atoms with van der Waals surface area (Å²) in [4.78, 5) is 10.7. The number of halogens is 2. The Hall–Kier alpha value is -1.13. The van der Waals surface area contributed by atoms with Crippen molar-refractivity contribution in [1.82, 2.24) is 0 Å². The summed E-state index contributed by atoms with van der Waals surface area (Å²) in [6.07, 6.45) is 7.05. The second-order valence-corrected chi connectivity index (χ2v) is 7.52. The molecular weight excluding hydrogens is 319 g/mol. The van der Waals surface area contributed by atoms with Gasteiger partial charge in [-0.25, -0.2) is 4.39 Å². The third-order valence-corrected chi connectivity index (χ3v) is 5.87. The minimum Gasteiger partial charge on any atom is -0.481 e. The standard InChI is InChI=1S/C18H22ClFO3/c19-14-4-1-3-13(16(14)20)11-23-18-9-7-17(12-18,8-10-18)6-2-5-15(21)22/h1,3-4H,2,5-12H2,(H,21,22). The maximum absolute atomic E-state index is 14.0. The van der Waals surface area contributed by atoms with Crippen LogP contribution in [0.5, 0.6) is 0 Å². The van der Waals surface area contributed by atoms with Gasteiger partial charge in [-0.3, -0.25) is 4.79 Å². The molecule has 0 amide bonds. The molecule has 23 heavy (non-hydrogen) atoms. The molecule has 3 nitrogen and oxygen atoms in total. The first kappa shape index (κ1) is 16.7. The van der Waals surface area contributed by atoms with Gasteiger partial charge in [-0.15, -0.1) is 0 Å². The van der Waals surface area contributed by atoms with Crippen molar-refractivity contribution >= 4 is 17.6 Å². The van der Waals surface area contributed by atoms with Crippen molar-refractivity contribution in [3.63, 3.8) is 0 Å². The van der Waals surface area contributed by atoms with Crippen molar-refractivity contribution in [2.24, 2.45) is 5.41 Å². The van der Waals surface area contributed by atoms with Gasteiger partial charge in [0.15, 0.2) is 0 Å². The molecular formula is C18H22ClFO3. The summed E-state index contributed by atoms with van der Waals surface area (Å²) < 4.78 is 20.1. The average Bonchev–Trinajstić information content (AvgIpc) is 3.05. The van der Waals surface area contributed by atoms with Crippen molar-refractivity contribution in [1.29, 1.82) is 0 Å². The Kier molecular flexibility index (Phi) is 4.65. The highest BCUT2D eigenvalue weighted by Gasteiger charge is 2.54. The molecule has 0 unspecified atom stereocenters. The van der Waals surface area contributed by atoms with Gasteiger partial charge in [0.1, 0.15) is 5.82 Å². The molecule has 0 aliphatic heterocycles. The van der Waals surface area contributed by atoms with E-state index in [9.17, 15) is 9.18 Å². The summed E-state index contributed by atoms with van der Waals surface area (Å²) in [5, 5.41) is 8.92. The Morgan fingerprint density at radius 2 is 2.04 bits per heavy atom. The van der Waals surface area contributed by atoms with Crippen molar-refractivity contribution in [2.75, 3.05) is 0 Å². The molecule has 2 aliphatic rings. The summed E-state index contributed by atoms with van der Waals surface area (Å²) in [6.45, 7) is 0.248. The molecule has 1 N–H and O–H groups in total. The van der Waals surface area contributed by atoms with Gasteiger partial charge in [0.05, 0.1) is 17.2 Å². The number of benzene rings is 1. The third kappa shape index (κ3) is 3.53. The van der Waals surface area contributed by atoms with E-state index in [2.05, 4.69) is 0 Å². The number of hydrogen-bond acceptors (Lipinski definition) is 2. The number of carbonyl (C=O) groups is 1. The molecule has 2 aliphatic carbocycles. The molecule has 0 heterocycles. The van der Waals surface area contributed by atoms with E-state index in [1.165, 1.54) is 6.07 Å². The van der Waals surface area contributed by atoms with E-state index >= 15 is 0 Å². The Balaban J connectivity index is 1.58. The van der Waals surface area contributed by atoms with Crippen LogP contribution >= 0.6 is 11.6 Å². The predicted molar refractivity (Wildman–Crippen MR) is 85.9 cm³/mol. The Morgan fingerprint density at radius 3 is 2.74 bits per heavy atom. The second-order valence-electron chi connectivity index (χ2n) is 7.11. The Bertz CT molecular complexity index is 594.